The van der Waals surface area contributed by atoms with Crippen LogP contribution in [0.15, 0.2) is 51.9 Å². The van der Waals surface area contributed by atoms with Gasteiger partial charge in [-0.2, -0.15) is 0 Å². The van der Waals surface area contributed by atoms with Gasteiger partial charge in [-0.25, -0.2) is 0 Å². The van der Waals surface area contributed by atoms with Gasteiger partial charge in [0, 0.05) is 40.5 Å². The van der Waals surface area contributed by atoms with Crippen molar-refractivity contribution in [1.29, 1.82) is 0 Å². The molecule has 3 nitrogen and oxygen atoms in total. The Morgan fingerprint density at radius 2 is 2.11 bits per heavy atom. The van der Waals surface area contributed by atoms with Crippen LogP contribution in [0.3, 0.4) is 0 Å². The molecule has 1 N–H and O–H groups in total. The number of nitrogens with zero attached hydrogens (tertiary/aromatic N) is 1. The summed E-state index contributed by atoms with van der Waals surface area (Å²) in [6.45, 7) is 1.27. The van der Waals surface area contributed by atoms with Crippen LogP contribution >= 0.6 is 27.5 Å². The lowest BCUT2D eigenvalue weighted by Crippen LogP contribution is -2.22. The standard InChI is InChI=1S/C13H12BrClN2O/c14-11-5-4-10(15)9-12(11)16-6-8-17-7-2-1-3-13(17)18/h1-5,7,9,16H,6,8H2. The van der Waals surface area contributed by atoms with Crippen LogP contribution < -0.4 is 10.9 Å². The Hall–Kier alpha value is -1.26. The Bertz CT molecular complexity index is 598. The molecule has 5 heteroatoms. The Morgan fingerprint density at radius 3 is 2.89 bits per heavy atom. The zero-order valence-corrected chi connectivity index (χ0v) is 11.9. The molecule has 0 aliphatic rings. The quantitative estimate of drug-likeness (QED) is 0.934. The monoisotopic (exact) mass is 326 g/mol. The van der Waals surface area contributed by atoms with Crippen molar-refractivity contribution in [3.8, 4) is 0 Å². The molecule has 0 bridgehead atoms. The number of hydrogen-bond acceptors (Lipinski definition) is 2. The number of rotatable bonds is 4. The van der Waals surface area contributed by atoms with Gasteiger partial charge in [-0.15, -0.1) is 0 Å². The van der Waals surface area contributed by atoms with Crippen molar-refractivity contribution in [3.63, 3.8) is 0 Å². The van der Waals surface area contributed by atoms with E-state index in [1.165, 1.54) is 0 Å². The van der Waals surface area contributed by atoms with E-state index in [0.29, 0.717) is 18.1 Å². The highest BCUT2D eigenvalue weighted by atomic mass is 79.9. The van der Waals surface area contributed by atoms with Gasteiger partial charge in [0.05, 0.1) is 0 Å². The second-order valence-corrected chi connectivity index (χ2v) is 5.07. The fourth-order valence-corrected chi connectivity index (χ4v) is 2.15. The Morgan fingerprint density at radius 1 is 1.28 bits per heavy atom. The van der Waals surface area contributed by atoms with Crippen LogP contribution in [0.25, 0.3) is 0 Å². The average Bonchev–Trinajstić information content (AvgIpc) is 2.36. The van der Waals surface area contributed by atoms with Crippen molar-refractivity contribution in [2.45, 2.75) is 6.54 Å². The lowest BCUT2D eigenvalue weighted by atomic mass is 10.3. The molecular formula is C13H12BrClN2O. The van der Waals surface area contributed by atoms with Gasteiger partial charge in [-0.05, 0) is 40.2 Å². The second kappa shape index (κ2) is 6.07. The maximum atomic E-state index is 11.5. The van der Waals surface area contributed by atoms with E-state index in [9.17, 15) is 4.79 Å². The first-order chi connectivity index (χ1) is 8.66. The Labute approximate surface area is 119 Å². The van der Waals surface area contributed by atoms with E-state index in [-0.39, 0.29) is 5.56 Å². The van der Waals surface area contributed by atoms with E-state index >= 15 is 0 Å². The number of pyridine rings is 1. The Kier molecular flexibility index (Phi) is 4.44. The highest BCUT2D eigenvalue weighted by Crippen LogP contribution is 2.25. The zero-order valence-electron chi connectivity index (χ0n) is 9.57. The fourth-order valence-electron chi connectivity index (χ4n) is 1.59. The minimum absolute atomic E-state index is 0.00413. The third kappa shape index (κ3) is 3.37. The molecule has 1 aromatic carbocycles. The largest absolute Gasteiger partial charge is 0.382 e. The van der Waals surface area contributed by atoms with Crippen LogP contribution in [0.5, 0.6) is 0 Å². The first-order valence-corrected chi connectivity index (χ1v) is 6.68. The number of anilines is 1. The van der Waals surface area contributed by atoms with Gasteiger partial charge >= 0.3 is 0 Å². The molecule has 94 valence electrons. The topological polar surface area (TPSA) is 34.0 Å². The normalized spacial score (nSPS) is 10.3. The molecule has 0 radical (unpaired) electrons. The molecule has 0 saturated carbocycles. The number of benzene rings is 1. The van der Waals surface area contributed by atoms with Crippen LogP contribution in [0.4, 0.5) is 5.69 Å². The molecule has 2 rings (SSSR count). The van der Waals surface area contributed by atoms with Gasteiger partial charge in [-0.1, -0.05) is 17.7 Å². The minimum atomic E-state index is 0.00413. The SMILES string of the molecule is O=c1ccccn1CCNc1cc(Cl)ccc1Br. The summed E-state index contributed by atoms with van der Waals surface area (Å²) in [5.41, 5.74) is 0.927. The van der Waals surface area contributed by atoms with E-state index in [1.54, 1.807) is 22.9 Å². The summed E-state index contributed by atoms with van der Waals surface area (Å²) in [5.74, 6) is 0. The Balaban J connectivity index is 1.99. The van der Waals surface area contributed by atoms with Crippen molar-refractivity contribution < 1.29 is 0 Å². The van der Waals surface area contributed by atoms with Crippen LogP contribution in [-0.4, -0.2) is 11.1 Å². The molecule has 2 aromatic rings. The zero-order chi connectivity index (χ0) is 13.0. The summed E-state index contributed by atoms with van der Waals surface area (Å²) in [6, 6.07) is 10.7. The maximum absolute atomic E-state index is 11.5. The summed E-state index contributed by atoms with van der Waals surface area (Å²) in [6.07, 6.45) is 1.77. The molecular weight excluding hydrogens is 316 g/mol. The predicted molar refractivity (Wildman–Crippen MR) is 78.3 cm³/mol. The van der Waals surface area contributed by atoms with E-state index in [4.69, 9.17) is 11.6 Å². The molecule has 0 aliphatic heterocycles. The van der Waals surface area contributed by atoms with Gasteiger partial charge in [0.2, 0.25) is 0 Å². The van der Waals surface area contributed by atoms with Gasteiger partial charge in [0.1, 0.15) is 0 Å². The lowest BCUT2D eigenvalue weighted by Gasteiger charge is -2.10. The highest BCUT2D eigenvalue weighted by molar-refractivity contribution is 9.10. The van der Waals surface area contributed by atoms with Crippen LogP contribution in [0.2, 0.25) is 5.02 Å². The fraction of sp³-hybridized carbons (Fsp3) is 0.154. The first-order valence-electron chi connectivity index (χ1n) is 5.51. The maximum Gasteiger partial charge on any atom is 0.250 e. The lowest BCUT2D eigenvalue weighted by molar-refractivity contribution is 0.697. The number of aromatic nitrogens is 1. The highest BCUT2D eigenvalue weighted by Gasteiger charge is 2.00. The van der Waals surface area contributed by atoms with Gasteiger partial charge in [0.15, 0.2) is 0 Å². The summed E-state index contributed by atoms with van der Waals surface area (Å²) in [7, 11) is 0. The molecule has 0 amide bonds. The minimum Gasteiger partial charge on any atom is -0.382 e. The molecule has 0 unspecified atom stereocenters. The third-order valence-electron chi connectivity index (χ3n) is 2.50. The molecule has 0 spiro atoms. The average molecular weight is 328 g/mol. The van der Waals surface area contributed by atoms with Crippen molar-refractivity contribution in [3.05, 3.63) is 62.4 Å². The summed E-state index contributed by atoms with van der Waals surface area (Å²) in [4.78, 5) is 11.5. The molecule has 0 aliphatic carbocycles. The van der Waals surface area contributed by atoms with Crippen molar-refractivity contribution in [2.24, 2.45) is 0 Å². The predicted octanol–water partition coefficient (Wildman–Crippen LogP) is 3.38. The van der Waals surface area contributed by atoms with Gasteiger partial charge in [0.25, 0.3) is 5.56 Å². The smallest absolute Gasteiger partial charge is 0.250 e. The third-order valence-corrected chi connectivity index (χ3v) is 3.42. The second-order valence-electron chi connectivity index (χ2n) is 3.78. The first kappa shape index (κ1) is 13.2. The van der Waals surface area contributed by atoms with Crippen molar-refractivity contribution in [1.82, 2.24) is 4.57 Å². The number of halogens is 2. The number of hydrogen-bond donors (Lipinski definition) is 1. The molecule has 0 atom stereocenters. The van der Waals surface area contributed by atoms with E-state index < -0.39 is 0 Å². The summed E-state index contributed by atoms with van der Waals surface area (Å²) in [5, 5.41) is 3.92. The number of nitrogens with one attached hydrogen (secondary N) is 1. The van der Waals surface area contributed by atoms with Crippen LogP contribution in [0.1, 0.15) is 0 Å². The molecule has 1 aromatic heterocycles. The van der Waals surface area contributed by atoms with Crippen molar-refractivity contribution in [2.75, 3.05) is 11.9 Å². The summed E-state index contributed by atoms with van der Waals surface area (Å²) < 4.78 is 2.61. The van der Waals surface area contributed by atoms with E-state index in [2.05, 4.69) is 21.2 Å². The van der Waals surface area contributed by atoms with Gasteiger partial charge in [-0.3, -0.25) is 4.79 Å². The van der Waals surface area contributed by atoms with E-state index in [1.807, 2.05) is 24.3 Å². The van der Waals surface area contributed by atoms with Crippen LogP contribution in [0, 0.1) is 0 Å². The van der Waals surface area contributed by atoms with Crippen molar-refractivity contribution >= 4 is 33.2 Å². The molecule has 1 heterocycles. The molecule has 0 fully saturated rings. The summed E-state index contributed by atoms with van der Waals surface area (Å²) >= 11 is 9.36. The molecule has 18 heavy (non-hydrogen) atoms. The van der Waals surface area contributed by atoms with Crippen LogP contribution in [-0.2, 0) is 6.54 Å². The van der Waals surface area contributed by atoms with E-state index in [0.717, 1.165) is 10.2 Å². The van der Waals surface area contributed by atoms with Gasteiger partial charge < -0.3 is 9.88 Å². The molecule has 0 saturated heterocycles.